The van der Waals surface area contributed by atoms with Crippen molar-refractivity contribution in [1.82, 2.24) is 0 Å². The lowest BCUT2D eigenvalue weighted by atomic mass is 9.93. The number of benzene rings is 3. The molecule has 0 radical (unpaired) electrons. The molecule has 4 rings (SSSR count). The summed E-state index contributed by atoms with van der Waals surface area (Å²) in [6.45, 7) is 0. The van der Waals surface area contributed by atoms with Crippen molar-refractivity contribution in [2.45, 2.75) is 0 Å². The van der Waals surface area contributed by atoms with Crippen molar-refractivity contribution in [3.05, 3.63) is 66.7 Å². The molecular weight excluding hydrogens is 327 g/mol. The lowest BCUT2D eigenvalue weighted by Crippen LogP contribution is -2.04. The standard InChI is InChI=1S/C22H21O2P/c1-23-19-11-5-3-8-16(19)17-10-7-13-21(25-14-15-25)22(17)18-9-4-6-12-20(18)24-2/h3-13H,14-15H2,1-2H3. The summed E-state index contributed by atoms with van der Waals surface area (Å²) in [5.41, 5.74) is 4.81. The summed E-state index contributed by atoms with van der Waals surface area (Å²) in [6, 6.07) is 23.2. The summed E-state index contributed by atoms with van der Waals surface area (Å²) in [6.07, 6.45) is 2.65. The van der Waals surface area contributed by atoms with Gasteiger partial charge in [-0.15, -0.1) is 0 Å². The van der Waals surface area contributed by atoms with Crippen molar-refractivity contribution < 1.29 is 9.47 Å². The molecule has 0 saturated carbocycles. The van der Waals surface area contributed by atoms with Crippen LogP contribution in [0.3, 0.4) is 0 Å². The van der Waals surface area contributed by atoms with Gasteiger partial charge in [-0.1, -0.05) is 62.5 Å². The summed E-state index contributed by atoms with van der Waals surface area (Å²) >= 11 is 0. The Morgan fingerprint density at radius 1 is 0.640 bits per heavy atom. The van der Waals surface area contributed by atoms with E-state index < -0.39 is 0 Å². The van der Waals surface area contributed by atoms with Crippen LogP contribution in [0.15, 0.2) is 66.7 Å². The Bertz CT molecular complexity index is 900. The summed E-state index contributed by atoms with van der Waals surface area (Å²) in [4.78, 5) is 0. The summed E-state index contributed by atoms with van der Waals surface area (Å²) < 4.78 is 11.3. The lowest BCUT2D eigenvalue weighted by Gasteiger charge is -2.19. The van der Waals surface area contributed by atoms with Gasteiger partial charge in [0.25, 0.3) is 0 Å². The number of hydrogen-bond acceptors (Lipinski definition) is 2. The van der Waals surface area contributed by atoms with Crippen LogP contribution in [-0.4, -0.2) is 26.5 Å². The SMILES string of the molecule is COc1ccccc1-c1cccc(P2CC2)c1-c1ccccc1OC. The van der Waals surface area contributed by atoms with E-state index in [1.165, 1.54) is 28.8 Å². The highest BCUT2D eigenvalue weighted by Gasteiger charge is 2.28. The minimum Gasteiger partial charge on any atom is -0.496 e. The van der Waals surface area contributed by atoms with Crippen molar-refractivity contribution in [1.29, 1.82) is 0 Å². The molecule has 0 spiro atoms. The molecule has 0 aliphatic carbocycles. The van der Waals surface area contributed by atoms with Crippen LogP contribution in [-0.2, 0) is 0 Å². The Morgan fingerprint density at radius 2 is 1.20 bits per heavy atom. The third-order valence-corrected chi connectivity index (χ3v) is 6.55. The van der Waals surface area contributed by atoms with Gasteiger partial charge in [0, 0.05) is 16.7 Å². The van der Waals surface area contributed by atoms with Crippen LogP contribution < -0.4 is 14.8 Å². The topological polar surface area (TPSA) is 18.5 Å². The van der Waals surface area contributed by atoms with Gasteiger partial charge in [-0.25, -0.2) is 0 Å². The van der Waals surface area contributed by atoms with Gasteiger partial charge >= 0.3 is 0 Å². The van der Waals surface area contributed by atoms with E-state index >= 15 is 0 Å². The first-order chi connectivity index (χ1) is 12.3. The van der Waals surface area contributed by atoms with Gasteiger partial charge in [-0.3, -0.25) is 0 Å². The zero-order valence-corrected chi connectivity index (χ0v) is 15.4. The van der Waals surface area contributed by atoms with Crippen molar-refractivity contribution in [3.63, 3.8) is 0 Å². The predicted octanol–water partition coefficient (Wildman–Crippen LogP) is 5.16. The molecule has 3 heteroatoms. The van der Waals surface area contributed by atoms with Crippen molar-refractivity contribution in [2.75, 3.05) is 26.5 Å². The number of para-hydroxylation sites is 2. The fourth-order valence-corrected chi connectivity index (χ4v) is 5.06. The number of rotatable bonds is 5. The first-order valence-corrected chi connectivity index (χ1v) is 10.2. The smallest absolute Gasteiger partial charge is 0.126 e. The van der Waals surface area contributed by atoms with Crippen LogP contribution in [0.25, 0.3) is 22.3 Å². The van der Waals surface area contributed by atoms with Crippen molar-refractivity contribution in [3.8, 4) is 33.8 Å². The normalized spacial score (nSPS) is 13.5. The van der Waals surface area contributed by atoms with Crippen LogP contribution >= 0.6 is 7.92 Å². The van der Waals surface area contributed by atoms with E-state index in [2.05, 4.69) is 42.5 Å². The molecule has 1 aliphatic heterocycles. The molecule has 3 aromatic carbocycles. The second-order valence-corrected chi connectivity index (χ2v) is 8.54. The van der Waals surface area contributed by atoms with Crippen LogP contribution in [0.2, 0.25) is 0 Å². The molecule has 1 heterocycles. The van der Waals surface area contributed by atoms with Crippen LogP contribution in [0.5, 0.6) is 11.5 Å². The molecule has 1 fully saturated rings. The Hall–Kier alpha value is -2.31. The van der Waals surface area contributed by atoms with Crippen LogP contribution in [0.4, 0.5) is 0 Å². The minimum absolute atomic E-state index is 0.0242. The Labute approximate surface area is 150 Å². The zero-order chi connectivity index (χ0) is 17.2. The summed E-state index contributed by atoms with van der Waals surface area (Å²) in [5, 5.41) is 1.47. The summed E-state index contributed by atoms with van der Waals surface area (Å²) in [7, 11) is 3.45. The highest BCUT2D eigenvalue weighted by molar-refractivity contribution is 7.73. The first kappa shape index (κ1) is 16.2. The van der Waals surface area contributed by atoms with E-state index in [-0.39, 0.29) is 7.92 Å². The molecule has 0 atom stereocenters. The Kier molecular flexibility index (Phi) is 4.46. The van der Waals surface area contributed by atoms with Gasteiger partial charge in [0.15, 0.2) is 0 Å². The predicted molar refractivity (Wildman–Crippen MR) is 107 cm³/mol. The average molecular weight is 348 g/mol. The molecule has 126 valence electrons. The van der Waals surface area contributed by atoms with E-state index in [1.54, 1.807) is 14.2 Å². The maximum Gasteiger partial charge on any atom is 0.126 e. The monoisotopic (exact) mass is 348 g/mol. The third kappa shape index (κ3) is 3.03. The molecule has 25 heavy (non-hydrogen) atoms. The molecule has 0 bridgehead atoms. The molecule has 1 saturated heterocycles. The van der Waals surface area contributed by atoms with Crippen molar-refractivity contribution >= 4 is 13.2 Å². The lowest BCUT2D eigenvalue weighted by molar-refractivity contribution is 0.416. The molecule has 0 aromatic heterocycles. The third-order valence-electron chi connectivity index (χ3n) is 4.60. The van der Waals surface area contributed by atoms with Crippen LogP contribution in [0, 0.1) is 0 Å². The molecule has 0 amide bonds. The highest BCUT2D eigenvalue weighted by atomic mass is 31.1. The van der Waals surface area contributed by atoms with Gasteiger partial charge in [0.05, 0.1) is 14.2 Å². The van der Waals surface area contributed by atoms with Gasteiger partial charge in [0.2, 0.25) is 0 Å². The van der Waals surface area contributed by atoms with Gasteiger partial charge in [0.1, 0.15) is 11.5 Å². The maximum absolute atomic E-state index is 5.68. The van der Waals surface area contributed by atoms with Crippen LogP contribution in [0.1, 0.15) is 0 Å². The van der Waals surface area contributed by atoms with E-state index in [4.69, 9.17) is 9.47 Å². The number of methoxy groups -OCH3 is 2. The molecule has 3 aromatic rings. The second kappa shape index (κ2) is 6.90. The Balaban J connectivity index is 2.01. The fraction of sp³-hybridized carbons (Fsp3) is 0.182. The summed E-state index contributed by atoms with van der Waals surface area (Å²) in [5.74, 6) is 1.82. The van der Waals surface area contributed by atoms with E-state index in [0.717, 1.165) is 22.6 Å². The molecule has 1 aliphatic rings. The van der Waals surface area contributed by atoms with E-state index in [0.29, 0.717) is 0 Å². The van der Waals surface area contributed by atoms with Gasteiger partial charge in [-0.2, -0.15) is 0 Å². The van der Waals surface area contributed by atoms with E-state index in [1.807, 2.05) is 24.3 Å². The van der Waals surface area contributed by atoms with Gasteiger partial charge < -0.3 is 9.47 Å². The minimum atomic E-state index is -0.0242. The van der Waals surface area contributed by atoms with Gasteiger partial charge in [-0.05, 0) is 35.3 Å². The Morgan fingerprint density at radius 3 is 1.84 bits per heavy atom. The molecular formula is C22H21O2P. The quantitative estimate of drug-likeness (QED) is 0.593. The van der Waals surface area contributed by atoms with Crippen molar-refractivity contribution in [2.24, 2.45) is 0 Å². The molecule has 2 nitrogen and oxygen atoms in total. The highest BCUT2D eigenvalue weighted by Crippen LogP contribution is 2.53. The zero-order valence-electron chi connectivity index (χ0n) is 14.5. The number of ether oxygens (including phenoxy) is 2. The van der Waals surface area contributed by atoms with E-state index in [9.17, 15) is 0 Å². The maximum atomic E-state index is 5.68. The number of hydrogen-bond donors (Lipinski definition) is 0. The first-order valence-electron chi connectivity index (χ1n) is 8.48. The molecule has 0 N–H and O–H groups in total. The average Bonchev–Trinajstić information content (AvgIpc) is 3.52. The second-order valence-electron chi connectivity index (χ2n) is 6.09. The molecule has 0 unspecified atom stereocenters. The fourth-order valence-electron chi connectivity index (χ4n) is 3.32. The largest absolute Gasteiger partial charge is 0.496 e.